The van der Waals surface area contributed by atoms with Crippen molar-refractivity contribution in [3.8, 4) is 11.5 Å². The van der Waals surface area contributed by atoms with Crippen LogP contribution in [0.25, 0.3) is 0 Å². The molecule has 0 aliphatic rings. The number of nitrogens with one attached hydrogen (secondary N) is 2. The highest BCUT2D eigenvalue weighted by atomic mass is 32.2. The summed E-state index contributed by atoms with van der Waals surface area (Å²) < 4.78 is 22.5. The maximum atomic E-state index is 12.3. The minimum Gasteiger partial charge on any atom is -0.493 e. The fourth-order valence-corrected chi connectivity index (χ4v) is 3.37. The molecule has 7 heteroatoms. The van der Waals surface area contributed by atoms with Crippen LogP contribution in [0.2, 0.25) is 0 Å². The molecule has 2 aromatic rings. The second-order valence-corrected chi connectivity index (χ2v) is 9.50. The number of amides is 2. The predicted molar refractivity (Wildman–Crippen MR) is 113 cm³/mol. The van der Waals surface area contributed by atoms with Crippen LogP contribution in [0.15, 0.2) is 42.5 Å². The summed E-state index contributed by atoms with van der Waals surface area (Å²) in [6.45, 7) is 6.20. The second-order valence-electron chi connectivity index (χ2n) is 7.30. The Balaban J connectivity index is 1.95. The van der Waals surface area contributed by atoms with Gasteiger partial charge in [-0.25, -0.2) is 4.79 Å². The number of hydrogen-bond donors (Lipinski definition) is 2. The topological polar surface area (TPSA) is 76.7 Å². The van der Waals surface area contributed by atoms with Gasteiger partial charge in [-0.2, -0.15) is 0 Å². The predicted octanol–water partition coefficient (Wildman–Crippen LogP) is 4.07. The lowest BCUT2D eigenvalue weighted by molar-refractivity contribution is 0.251. The summed E-state index contributed by atoms with van der Waals surface area (Å²) in [5.74, 6) is 1.70. The molecule has 0 aliphatic heterocycles. The van der Waals surface area contributed by atoms with Crippen molar-refractivity contribution in [3.63, 3.8) is 0 Å². The Morgan fingerprint density at radius 3 is 2.36 bits per heavy atom. The molecule has 1 unspecified atom stereocenters. The van der Waals surface area contributed by atoms with Gasteiger partial charge in [0.2, 0.25) is 0 Å². The van der Waals surface area contributed by atoms with Crippen molar-refractivity contribution in [2.45, 2.75) is 37.8 Å². The highest BCUT2D eigenvalue weighted by Gasteiger charge is 2.19. The summed E-state index contributed by atoms with van der Waals surface area (Å²) >= 11 is 0. The first-order valence-electron chi connectivity index (χ1n) is 8.96. The monoisotopic (exact) mass is 404 g/mol. The Kier molecular flexibility index (Phi) is 7.45. The molecule has 0 saturated heterocycles. The maximum absolute atomic E-state index is 12.3. The van der Waals surface area contributed by atoms with Crippen LogP contribution in [0.1, 0.15) is 31.9 Å². The molecule has 0 heterocycles. The molecule has 152 valence electrons. The standard InChI is InChI=1S/C21H28N2O4S/c1-21(2,3)28(25)14-16-7-6-8-17(11-16)23-20(24)22-13-15-9-10-18(26-4)19(12-15)27-5/h6-12H,13-14H2,1-5H3,(H2,22,23,24). The van der Waals surface area contributed by atoms with Crippen molar-refractivity contribution in [2.24, 2.45) is 0 Å². The van der Waals surface area contributed by atoms with Crippen LogP contribution in [0, 0.1) is 0 Å². The van der Waals surface area contributed by atoms with E-state index < -0.39 is 10.8 Å². The van der Waals surface area contributed by atoms with E-state index in [-0.39, 0.29) is 10.8 Å². The fraction of sp³-hybridized carbons (Fsp3) is 0.381. The van der Waals surface area contributed by atoms with Crippen molar-refractivity contribution in [3.05, 3.63) is 53.6 Å². The van der Waals surface area contributed by atoms with E-state index in [1.165, 1.54) is 0 Å². The summed E-state index contributed by atoms with van der Waals surface area (Å²) in [5.41, 5.74) is 2.47. The van der Waals surface area contributed by atoms with E-state index >= 15 is 0 Å². The number of methoxy groups -OCH3 is 2. The number of urea groups is 1. The zero-order chi connectivity index (χ0) is 20.7. The number of carbonyl (C=O) groups excluding carboxylic acids is 1. The van der Waals surface area contributed by atoms with E-state index in [4.69, 9.17) is 9.47 Å². The first-order chi connectivity index (χ1) is 13.2. The summed E-state index contributed by atoms with van der Waals surface area (Å²) in [4.78, 5) is 12.2. The van der Waals surface area contributed by atoms with Gasteiger partial charge in [-0.05, 0) is 56.2 Å². The first-order valence-corrected chi connectivity index (χ1v) is 10.3. The van der Waals surface area contributed by atoms with Gasteiger partial charge in [0.05, 0.1) is 14.2 Å². The van der Waals surface area contributed by atoms with Crippen LogP contribution < -0.4 is 20.1 Å². The Labute approximate surface area is 169 Å². The van der Waals surface area contributed by atoms with Crippen molar-refractivity contribution >= 4 is 22.5 Å². The molecule has 0 fully saturated rings. The van der Waals surface area contributed by atoms with Gasteiger partial charge in [-0.1, -0.05) is 18.2 Å². The lowest BCUT2D eigenvalue weighted by Gasteiger charge is -2.18. The van der Waals surface area contributed by atoms with Gasteiger partial charge in [-0.3, -0.25) is 4.21 Å². The molecule has 0 spiro atoms. The van der Waals surface area contributed by atoms with E-state index in [0.717, 1.165) is 11.1 Å². The Morgan fingerprint density at radius 2 is 1.71 bits per heavy atom. The lowest BCUT2D eigenvalue weighted by atomic mass is 10.2. The molecular formula is C21H28N2O4S. The summed E-state index contributed by atoms with van der Waals surface area (Å²) in [6.07, 6.45) is 0. The van der Waals surface area contributed by atoms with Crippen LogP contribution in [-0.4, -0.2) is 29.2 Å². The van der Waals surface area contributed by atoms with Crippen molar-refractivity contribution in [1.82, 2.24) is 5.32 Å². The molecule has 0 aliphatic carbocycles. The molecule has 28 heavy (non-hydrogen) atoms. The number of rotatable bonds is 7. The van der Waals surface area contributed by atoms with Crippen molar-refractivity contribution < 1.29 is 18.5 Å². The smallest absolute Gasteiger partial charge is 0.319 e. The molecule has 0 bridgehead atoms. The molecule has 2 amide bonds. The van der Waals surface area contributed by atoms with Crippen LogP contribution in [0.5, 0.6) is 11.5 Å². The van der Waals surface area contributed by atoms with E-state index in [0.29, 0.717) is 29.5 Å². The number of benzene rings is 2. The first kappa shape index (κ1) is 21.8. The molecule has 1 atom stereocenters. The molecule has 0 saturated carbocycles. The number of carbonyl (C=O) groups is 1. The molecule has 2 N–H and O–H groups in total. The quantitative estimate of drug-likeness (QED) is 0.729. The maximum Gasteiger partial charge on any atom is 0.319 e. The minimum atomic E-state index is -0.994. The molecule has 2 rings (SSSR count). The average molecular weight is 405 g/mol. The summed E-state index contributed by atoms with van der Waals surface area (Å²) in [6, 6.07) is 12.6. The largest absolute Gasteiger partial charge is 0.493 e. The molecule has 6 nitrogen and oxygen atoms in total. The molecule has 0 radical (unpaired) electrons. The Bertz CT molecular complexity index is 847. The Morgan fingerprint density at radius 1 is 1.00 bits per heavy atom. The SMILES string of the molecule is COc1ccc(CNC(=O)Nc2cccc(CS(=O)C(C)(C)C)c2)cc1OC. The van der Waals surface area contributed by atoms with Crippen molar-refractivity contribution in [2.75, 3.05) is 19.5 Å². The van der Waals surface area contributed by atoms with E-state index in [1.54, 1.807) is 26.4 Å². The number of anilines is 1. The van der Waals surface area contributed by atoms with Crippen LogP contribution in [0.4, 0.5) is 10.5 Å². The van der Waals surface area contributed by atoms with E-state index in [2.05, 4.69) is 10.6 Å². The normalized spacial score (nSPS) is 12.2. The number of ether oxygens (including phenoxy) is 2. The summed E-state index contributed by atoms with van der Waals surface area (Å²) in [7, 11) is 2.15. The highest BCUT2D eigenvalue weighted by molar-refractivity contribution is 7.85. The Hall–Kier alpha value is -2.54. The zero-order valence-electron chi connectivity index (χ0n) is 17.0. The van der Waals surface area contributed by atoms with Crippen LogP contribution in [0.3, 0.4) is 0 Å². The molecule has 0 aromatic heterocycles. The van der Waals surface area contributed by atoms with Crippen LogP contribution in [-0.2, 0) is 23.1 Å². The van der Waals surface area contributed by atoms with Gasteiger partial charge in [0.15, 0.2) is 11.5 Å². The highest BCUT2D eigenvalue weighted by Crippen LogP contribution is 2.27. The van der Waals surface area contributed by atoms with Crippen molar-refractivity contribution in [1.29, 1.82) is 0 Å². The minimum absolute atomic E-state index is 0.278. The second kappa shape index (κ2) is 9.59. The lowest BCUT2D eigenvalue weighted by Crippen LogP contribution is -2.28. The van der Waals surface area contributed by atoms with Gasteiger partial charge >= 0.3 is 6.03 Å². The van der Waals surface area contributed by atoms with Gasteiger partial charge in [0.25, 0.3) is 0 Å². The van der Waals surface area contributed by atoms with Gasteiger partial charge in [0.1, 0.15) is 0 Å². The van der Waals surface area contributed by atoms with Gasteiger partial charge in [-0.15, -0.1) is 0 Å². The number of hydrogen-bond acceptors (Lipinski definition) is 4. The van der Waals surface area contributed by atoms with Crippen LogP contribution >= 0.6 is 0 Å². The fourth-order valence-electron chi connectivity index (χ4n) is 2.45. The molecular weight excluding hydrogens is 376 g/mol. The summed E-state index contributed by atoms with van der Waals surface area (Å²) in [5, 5.41) is 5.63. The third-order valence-corrected chi connectivity index (χ3v) is 6.03. The average Bonchev–Trinajstić information content (AvgIpc) is 2.65. The zero-order valence-corrected chi connectivity index (χ0v) is 17.8. The van der Waals surface area contributed by atoms with Gasteiger partial charge < -0.3 is 20.1 Å². The third kappa shape index (κ3) is 6.27. The molecule has 2 aromatic carbocycles. The van der Waals surface area contributed by atoms with Gasteiger partial charge in [0, 0.05) is 33.5 Å². The third-order valence-electron chi connectivity index (χ3n) is 4.07. The van der Waals surface area contributed by atoms with E-state index in [9.17, 15) is 9.00 Å². The van der Waals surface area contributed by atoms with E-state index in [1.807, 2.05) is 51.1 Å².